The number of hydrogen-bond donors (Lipinski definition) is 0. The van der Waals surface area contributed by atoms with E-state index in [1.807, 2.05) is 24.3 Å². The molecule has 1 heterocycles. The van der Waals surface area contributed by atoms with Gasteiger partial charge in [0.2, 0.25) is 5.88 Å². The molecular weight excluding hydrogens is 357 g/mol. The molecule has 1 aromatic heterocycles. The lowest BCUT2D eigenvalue weighted by atomic mass is 10.3. The summed E-state index contributed by atoms with van der Waals surface area (Å²) >= 11 is 2.20. The molecule has 2 aromatic rings. The highest BCUT2D eigenvalue weighted by molar-refractivity contribution is 14.1. The number of amides is 1. The highest BCUT2D eigenvalue weighted by atomic mass is 127. The smallest absolute Gasteiger partial charge is 0.273 e. The first-order valence-corrected chi connectivity index (χ1v) is 6.63. The first kappa shape index (κ1) is 13.7. The van der Waals surface area contributed by atoms with Crippen LogP contribution < -0.4 is 4.74 Å². The van der Waals surface area contributed by atoms with Gasteiger partial charge in [-0.25, -0.2) is 0 Å². The Morgan fingerprint density at radius 3 is 2.58 bits per heavy atom. The number of nitrogens with zero attached hydrogens (tertiary/aromatic N) is 3. The van der Waals surface area contributed by atoms with E-state index in [0.717, 1.165) is 3.57 Å². The van der Waals surface area contributed by atoms with Crippen molar-refractivity contribution in [1.82, 2.24) is 15.1 Å². The number of halogens is 1. The van der Waals surface area contributed by atoms with Crippen LogP contribution in [0, 0.1) is 3.57 Å². The molecule has 0 aliphatic carbocycles. The van der Waals surface area contributed by atoms with Gasteiger partial charge < -0.3 is 9.64 Å². The van der Waals surface area contributed by atoms with Crippen molar-refractivity contribution in [2.45, 2.75) is 0 Å². The number of benzene rings is 1. The van der Waals surface area contributed by atoms with E-state index in [2.05, 4.69) is 32.8 Å². The van der Waals surface area contributed by atoms with Crippen molar-refractivity contribution in [2.24, 2.45) is 0 Å². The van der Waals surface area contributed by atoms with E-state index in [9.17, 15) is 4.79 Å². The quantitative estimate of drug-likeness (QED) is 0.781. The van der Waals surface area contributed by atoms with Gasteiger partial charge in [0.25, 0.3) is 5.91 Å². The lowest BCUT2D eigenvalue weighted by molar-refractivity contribution is 0.0820. The standard InChI is InChI=1S/C13H12IN3O2/c1-17(2)13(18)11-6-7-12(16-15-11)19-10-5-3-4-9(14)8-10/h3-8H,1-2H3. The second-order valence-electron chi connectivity index (χ2n) is 4.02. The Labute approximate surface area is 124 Å². The van der Waals surface area contributed by atoms with Crippen LogP contribution in [0.2, 0.25) is 0 Å². The summed E-state index contributed by atoms with van der Waals surface area (Å²) in [5, 5.41) is 7.74. The SMILES string of the molecule is CN(C)C(=O)c1ccc(Oc2cccc(I)c2)nn1. The van der Waals surface area contributed by atoms with E-state index in [1.165, 1.54) is 4.90 Å². The molecule has 0 N–H and O–H groups in total. The number of ether oxygens (including phenoxy) is 1. The van der Waals surface area contributed by atoms with Gasteiger partial charge in [0.05, 0.1) is 0 Å². The second kappa shape index (κ2) is 5.96. The van der Waals surface area contributed by atoms with Crippen molar-refractivity contribution in [3.05, 3.63) is 45.7 Å². The van der Waals surface area contributed by atoms with Gasteiger partial charge in [-0.1, -0.05) is 6.07 Å². The van der Waals surface area contributed by atoms with Crippen molar-refractivity contribution in [2.75, 3.05) is 14.1 Å². The third-order valence-corrected chi connectivity index (χ3v) is 2.95. The van der Waals surface area contributed by atoms with E-state index in [4.69, 9.17) is 4.74 Å². The van der Waals surface area contributed by atoms with Gasteiger partial charge in [-0.15, -0.1) is 10.2 Å². The normalized spacial score (nSPS) is 10.1. The first-order chi connectivity index (χ1) is 9.06. The van der Waals surface area contributed by atoms with Crippen LogP contribution in [-0.4, -0.2) is 35.1 Å². The van der Waals surface area contributed by atoms with Gasteiger partial charge >= 0.3 is 0 Å². The first-order valence-electron chi connectivity index (χ1n) is 5.55. The molecule has 0 atom stereocenters. The van der Waals surface area contributed by atoms with Crippen LogP contribution in [0.25, 0.3) is 0 Å². The van der Waals surface area contributed by atoms with Crippen molar-refractivity contribution < 1.29 is 9.53 Å². The predicted molar refractivity (Wildman–Crippen MR) is 79.3 cm³/mol. The molecule has 0 spiro atoms. The Morgan fingerprint density at radius 1 is 1.21 bits per heavy atom. The van der Waals surface area contributed by atoms with Crippen LogP contribution in [-0.2, 0) is 0 Å². The van der Waals surface area contributed by atoms with Gasteiger partial charge in [-0.05, 0) is 46.9 Å². The Hall–Kier alpha value is -1.70. The lowest BCUT2D eigenvalue weighted by Crippen LogP contribution is -2.23. The zero-order valence-electron chi connectivity index (χ0n) is 10.5. The van der Waals surface area contributed by atoms with Crippen molar-refractivity contribution in [3.63, 3.8) is 0 Å². The summed E-state index contributed by atoms with van der Waals surface area (Å²) in [5.41, 5.74) is 0.292. The molecule has 0 radical (unpaired) electrons. The van der Waals surface area contributed by atoms with Gasteiger partial charge in [0.1, 0.15) is 5.75 Å². The van der Waals surface area contributed by atoms with Crippen LogP contribution in [0.1, 0.15) is 10.5 Å². The fourth-order valence-electron chi connectivity index (χ4n) is 1.37. The molecule has 98 valence electrons. The Bertz CT molecular complexity index is 585. The van der Waals surface area contributed by atoms with Crippen LogP contribution >= 0.6 is 22.6 Å². The fourth-order valence-corrected chi connectivity index (χ4v) is 1.88. The number of carbonyl (C=O) groups excluding carboxylic acids is 1. The van der Waals surface area contributed by atoms with Crippen LogP contribution in [0.15, 0.2) is 36.4 Å². The number of carbonyl (C=O) groups is 1. The molecule has 0 saturated carbocycles. The average molecular weight is 369 g/mol. The summed E-state index contributed by atoms with van der Waals surface area (Å²) in [4.78, 5) is 13.1. The summed E-state index contributed by atoms with van der Waals surface area (Å²) < 4.78 is 6.62. The average Bonchev–Trinajstić information content (AvgIpc) is 2.39. The van der Waals surface area contributed by atoms with Crippen molar-refractivity contribution in [1.29, 1.82) is 0 Å². The number of hydrogen-bond acceptors (Lipinski definition) is 4. The van der Waals surface area contributed by atoms with Crippen LogP contribution in [0.3, 0.4) is 0 Å². The lowest BCUT2D eigenvalue weighted by Gasteiger charge is -2.09. The minimum atomic E-state index is -0.187. The van der Waals surface area contributed by atoms with Crippen molar-refractivity contribution in [3.8, 4) is 11.6 Å². The van der Waals surface area contributed by atoms with Crippen LogP contribution in [0.5, 0.6) is 11.6 Å². The Morgan fingerprint density at radius 2 is 2.00 bits per heavy atom. The third-order valence-electron chi connectivity index (χ3n) is 2.28. The third kappa shape index (κ3) is 3.63. The zero-order valence-corrected chi connectivity index (χ0v) is 12.7. The highest BCUT2D eigenvalue weighted by Crippen LogP contribution is 2.20. The minimum absolute atomic E-state index is 0.187. The van der Waals surface area contributed by atoms with Crippen molar-refractivity contribution >= 4 is 28.5 Å². The van der Waals surface area contributed by atoms with Gasteiger partial charge in [0.15, 0.2) is 5.69 Å². The van der Waals surface area contributed by atoms with Gasteiger partial charge in [0, 0.05) is 23.7 Å². The maximum absolute atomic E-state index is 11.6. The summed E-state index contributed by atoms with van der Waals surface area (Å²) in [6, 6.07) is 10.8. The predicted octanol–water partition coefficient (Wildman–Crippen LogP) is 2.58. The Balaban J connectivity index is 2.13. The van der Waals surface area contributed by atoms with Crippen LogP contribution in [0.4, 0.5) is 0 Å². The molecule has 2 rings (SSSR count). The van der Waals surface area contributed by atoms with E-state index in [-0.39, 0.29) is 5.91 Å². The fraction of sp³-hybridized carbons (Fsp3) is 0.154. The summed E-state index contributed by atoms with van der Waals surface area (Å²) in [6.07, 6.45) is 0. The molecule has 1 amide bonds. The summed E-state index contributed by atoms with van der Waals surface area (Å²) in [7, 11) is 3.33. The Kier molecular flexibility index (Phi) is 4.31. The summed E-state index contributed by atoms with van der Waals surface area (Å²) in [5.74, 6) is 0.860. The van der Waals surface area contributed by atoms with E-state index >= 15 is 0 Å². The molecule has 0 aliphatic heterocycles. The highest BCUT2D eigenvalue weighted by Gasteiger charge is 2.10. The van der Waals surface area contributed by atoms with E-state index in [0.29, 0.717) is 17.3 Å². The molecule has 6 heteroatoms. The minimum Gasteiger partial charge on any atom is -0.437 e. The van der Waals surface area contributed by atoms with E-state index < -0.39 is 0 Å². The molecule has 5 nitrogen and oxygen atoms in total. The molecule has 0 aliphatic rings. The molecular formula is C13H12IN3O2. The largest absolute Gasteiger partial charge is 0.437 e. The maximum atomic E-state index is 11.6. The summed E-state index contributed by atoms with van der Waals surface area (Å²) in [6.45, 7) is 0. The number of rotatable bonds is 3. The molecule has 19 heavy (non-hydrogen) atoms. The van der Waals surface area contributed by atoms with Gasteiger partial charge in [-0.3, -0.25) is 4.79 Å². The number of aromatic nitrogens is 2. The molecule has 1 aromatic carbocycles. The molecule has 0 fully saturated rings. The topological polar surface area (TPSA) is 55.3 Å². The molecule has 0 bridgehead atoms. The monoisotopic (exact) mass is 369 g/mol. The molecule has 0 saturated heterocycles. The van der Waals surface area contributed by atoms with E-state index in [1.54, 1.807) is 26.2 Å². The molecule has 0 unspecified atom stereocenters. The zero-order chi connectivity index (χ0) is 13.8. The second-order valence-corrected chi connectivity index (χ2v) is 5.26. The van der Waals surface area contributed by atoms with Gasteiger partial charge in [-0.2, -0.15) is 0 Å². The maximum Gasteiger partial charge on any atom is 0.273 e.